The van der Waals surface area contributed by atoms with Crippen LogP contribution in [0, 0.1) is 5.92 Å². The third-order valence-electron chi connectivity index (χ3n) is 6.58. The first-order valence-electron chi connectivity index (χ1n) is 12.2. The lowest BCUT2D eigenvalue weighted by Crippen LogP contribution is -2.52. The van der Waals surface area contributed by atoms with E-state index in [0.717, 1.165) is 25.7 Å². The Morgan fingerprint density at radius 1 is 1.11 bits per heavy atom. The van der Waals surface area contributed by atoms with Crippen molar-refractivity contribution in [2.45, 2.75) is 82.2 Å². The molecule has 1 fully saturated rings. The highest BCUT2D eigenvalue weighted by Gasteiger charge is 2.34. The number of benzene rings is 1. The quantitative estimate of drug-likeness (QED) is 0.499. The molecule has 2 aromatic rings. The van der Waals surface area contributed by atoms with Crippen LogP contribution in [0.25, 0.3) is 0 Å². The number of carbonyl (C=O) groups is 2. The van der Waals surface area contributed by atoms with Crippen molar-refractivity contribution in [3.63, 3.8) is 0 Å². The first-order valence-corrected chi connectivity index (χ1v) is 13.6. The molecule has 11 heteroatoms. The summed E-state index contributed by atoms with van der Waals surface area (Å²) in [5.41, 5.74) is 0.441. The number of aromatic nitrogens is 2. The second-order valence-electron chi connectivity index (χ2n) is 9.05. The van der Waals surface area contributed by atoms with Crippen LogP contribution in [0.4, 0.5) is 0 Å². The van der Waals surface area contributed by atoms with Crippen LogP contribution in [0.15, 0.2) is 38.1 Å². The highest BCUT2D eigenvalue weighted by molar-refractivity contribution is 7.90. The molecule has 35 heavy (non-hydrogen) atoms. The minimum atomic E-state index is -3.82. The van der Waals surface area contributed by atoms with Crippen molar-refractivity contribution in [3.8, 4) is 0 Å². The summed E-state index contributed by atoms with van der Waals surface area (Å²) in [6.45, 7) is 3.63. The molecule has 10 nitrogen and oxygen atoms in total. The van der Waals surface area contributed by atoms with Crippen LogP contribution in [0.1, 0.15) is 80.9 Å². The van der Waals surface area contributed by atoms with Crippen LogP contribution in [0.5, 0.6) is 0 Å². The van der Waals surface area contributed by atoms with Gasteiger partial charge in [0.05, 0.1) is 6.04 Å². The van der Waals surface area contributed by atoms with Gasteiger partial charge in [0.2, 0.25) is 23.4 Å². The minimum absolute atomic E-state index is 0.0639. The molecule has 1 aromatic carbocycles. The zero-order valence-electron chi connectivity index (χ0n) is 20.0. The maximum Gasteiger partial charge on any atom is 0.285 e. The van der Waals surface area contributed by atoms with Gasteiger partial charge in [-0.05, 0) is 30.9 Å². The summed E-state index contributed by atoms with van der Waals surface area (Å²) >= 11 is 0. The summed E-state index contributed by atoms with van der Waals surface area (Å²) in [7, 11) is -3.82. The van der Waals surface area contributed by atoms with E-state index in [4.69, 9.17) is 4.52 Å². The van der Waals surface area contributed by atoms with E-state index in [9.17, 15) is 18.0 Å². The van der Waals surface area contributed by atoms with Gasteiger partial charge in [-0.1, -0.05) is 63.2 Å². The molecule has 4 rings (SSSR count). The van der Waals surface area contributed by atoms with Crippen molar-refractivity contribution in [2.75, 3.05) is 0 Å². The Morgan fingerprint density at radius 3 is 2.54 bits per heavy atom. The van der Waals surface area contributed by atoms with Crippen molar-refractivity contribution >= 4 is 27.5 Å². The molecule has 2 aliphatic rings. The number of hydrogen-bond acceptors (Lipinski definition) is 8. The number of aryl methyl sites for hydroxylation is 1. The Morgan fingerprint density at radius 2 is 1.86 bits per heavy atom. The lowest BCUT2D eigenvalue weighted by molar-refractivity contribution is -0.123. The fourth-order valence-corrected chi connectivity index (χ4v) is 5.83. The zero-order chi connectivity index (χ0) is 25.0. The fourth-order valence-electron chi connectivity index (χ4n) is 4.64. The molecule has 1 aliphatic carbocycles. The normalized spacial score (nSPS) is 18.9. The number of rotatable bonds is 9. The van der Waals surface area contributed by atoms with E-state index in [2.05, 4.69) is 25.2 Å². The van der Waals surface area contributed by atoms with E-state index in [0.29, 0.717) is 36.6 Å². The van der Waals surface area contributed by atoms with Gasteiger partial charge in [0, 0.05) is 12.0 Å². The SMILES string of the molecule is CCc1nc(C(=O)[C@H](CC)NC(=O)[C@H](CC2CCCCC2)NC2=NS(=O)(=O)c3ccccc32)no1. The molecule has 0 saturated heterocycles. The summed E-state index contributed by atoms with van der Waals surface area (Å²) in [5.74, 6) is -0.0505. The Labute approximate surface area is 205 Å². The van der Waals surface area contributed by atoms with E-state index in [-0.39, 0.29) is 22.5 Å². The van der Waals surface area contributed by atoms with E-state index in [1.165, 1.54) is 12.5 Å². The number of hydrogen-bond donors (Lipinski definition) is 2. The third kappa shape index (κ3) is 5.61. The Balaban J connectivity index is 1.55. The smallest absolute Gasteiger partial charge is 0.285 e. The van der Waals surface area contributed by atoms with Crippen LogP contribution in [0.2, 0.25) is 0 Å². The topological polar surface area (TPSA) is 144 Å². The van der Waals surface area contributed by atoms with Gasteiger partial charge >= 0.3 is 0 Å². The Kier molecular flexibility index (Phi) is 7.63. The van der Waals surface area contributed by atoms with Crippen LogP contribution >= 0.6 is 0 Å². The number of carbonyl (C=O) groups excluding carboxylic acids is 2. The highest BCUT2D eigenvalue weighted by atomic mass is 32.2. The summed E-state index contributed by atoms with van der Waals surface area (Å²) in [4.78, 5) is 30.6. The molecule has 0 unspecified atom stereocenters. The number of sulfonamides is 1. The maximum absolute atomic E-state index is 13.4. The largest absolute Gasteiger partial charge is 0.357 e. The van der Waals surface area contributed by atoms with Crippen molar-refractivity contribution in [2.24, 2.45) is 10.3 Å². The lowest BCUT2D eigenvalue weighted by atomic mass is 9.84. The monoisotopic (exact) mass is 501 g/mol. The van der Waals surface area contributed by atoms with Crippen molar-refractivity contribution < 1.29 is 22.5 Å². The Bertz CT molecular complexity index is 1220. The number of Topliss-reactive ketones (excluding diaryl/α,β-unsaturated/α-hetero) is 1. The average Bonchev–Trinajstić information content (AvgIpc) is 3.45. The number of amidine groups is 1. The van der Waals surface area contributed by atoms with Gasteiger partial charge in [-0.25, -0.2) is 0 Å². The minimum Gasteiger partial charge on any atom is -0.357 e. The predicted octanol–water partition coefficient (Wildman–Crippen LogP) is 2.79. The second-order valence-corrected chi connectivity index (χ2v) is 10.6. The van der Waals surface area contributed by atoms with E-state index < -0.39 is 27.9 Å². The van der Waals surface area contributed by atoms with Crippen molar-refractivity contribution in [1.29, 1.82) is 0 Å². The van der Waals surface area contributed by atoms with E-state index in [1.807, 2.05) is 6.92 Å². The zero-order valence-corrected chi connectivity index (χ0v) is 20.8. The van der Waals surface area contributed by atoms with Gasteiger partial charge in [0.15, 0.2) is 0 Å². The van der Waals surface area contributed by atoms with Gasteiger partial charge in [0.25, 0.3) is 10.0 Å². The molecule has 2 N–H and O–H groups in total. The first kappa shape index (κ1) is 25.0. The molecule has 1 aliphatic heterocycles. The number of fused-ring (bicyclic) bond motifs is 1. The molecule has 1 saturated carbocycles. The highest BCUT2D eigenvalue weighted by Crippen LogP contribution is 2.29. The fraction of sp³-hybridized carbons (Fsp3) is 0.542. The molecule has 2 heterocycles. The number of amides is 1. The van der Waals surface area contributed by atoms with Crippen molar-refractivity contribution in [1.82, 2.24) is 20.8 Å². The summed E-state index contributed by atoms with van der Waals surface area (Å²) in [5, 5.41) is 9.65. The number of ketones is 1. The van der Waals surface area contributed by atoms with Gasteiger partial charge in [0.1, 0.15) is 16.8 Å². The molecule has 0 bridgehead atoms. The third-order valence-corrected chi connectivity index (χ3v) is 7.92. The van der Waals surface area contributed by atoms with Gasteiger partial charge in [-0.2, -0.15) is 13.4 Å². The molecular formula is C24H31N5O5S. The summed E-state index contributed by atoms with van der Waals surface area (Å²) in [6.07, 6.45) is 6.75. The molecule has 1 aromatic heterocycles. The molecule has 2 atom stereocenters. The van der Waals surface area contributed by atoms with Gasteiger partial charge < -0.3 is 15.2 Å². The number of nitrogens with zero attached hydrogens (tertiary/aromatic N) is 3. The standard InChI is InChI=1S/C24H31N5O5S/c1-3-17(21(30)23-27-20(4-2)34-28-23)26-24(31)18(14-15-10-6-5-7-11-15)25-22-16-12-8-9-13-19(16)35(32,33)29-22/h8-9,12-13,15,17-18H,3-7,10-11,14H2,1-2H3,(H,25,29)(H,26,31)/t17-,18-/m0/s1. The van der Waals surface area contributed by atoms with Crippen LogP contribution < -0.4 is 10.6 Å². The van der Waals surface area contributed by atoms with Gasteiger partial charge in [-0.15, -0.1) is 4.40 Å². The van der Waals surface area contributed by atoms with Gasteiger partial charge in [-0.3, -0.25) is 9.59 Å². The van der Waals surface area contributed by atoms with Crippen LogP contribution in [-0.2, 0) is 21.2 Å². The molecule has 0 radical (unpaired) electrons. The average molecular weight is 502 g/mol. The lowest BCUT2D eigenvalue weighted by Gasteiger charge is -2.28. The van der Waals surface area contributed by atoms with E-state index in [1.54, 1.807) is 25.1 Å². The molecule has 188 valence electrons. The first-order chi connectivity index (χ1) is 16.8. The summed E-state index contributed by atoms with van der Waals surface area (Å²) in [6, 6.07) is 4.95. The summed E-state index contributed by atoms with van der Waals surface area (Å²) < 4.78 is 34.0. The maximum atomic E-state index is 13.4. The Hall–Kier alpha value is -3.08. The second kappa shape index (κ2) is 10.7. The number of nitrogens with one attached hydrogen (secondary N) is 2. The van der Waals surface area contributed by atoms with Crippen LogP contribution in [-0.4, -0.2) is 48.2 Å². The molecular weight excluding hydrogens is 470 g/mol. The van der Waals surface area contributed by atoms with Crippen molar-refractivity contribution in [3.05, 3.63) is 41.5 Å². The predicted molar refractivity (Wildman–Crippen MR) is 129 cm³/mol. The van der Waals surface area contributed by atoms with Crippen LogP contribution in [0.3, 0.4) is 0 Å². The molecule has 1 amide bonds. The molecule has 0 spiro atoms. The van der Waals surface area contributed by atoms with E-state index >= 15 is 0 Å².